The molecular weight excluding hydrogens is 258 g/mol. The van der Waals surface area contributed by atoms with E-state index in [0.717, 1.165) is 0 Å². The first-order valence-corrected chi connectivity index (χ1v) is 5.39. The van der Waals surface area contributed by atoms with Crippen LogP contribution in [0.1, 0.15) is 10.5 Å². The van der Waals surface area contributed by atoms with E-state index in [1.165, 1.54) is 11.9 Å². The molecule has 6 nitrogen and oxygen atoms in total. The zero-order valence-electron chi connectivity index (χ0n) is 9.72. The summed E-state index contributed by atoms with van der Waals surface area (Å²) in [4.78, 5) is 12.3. The number of carbonyl (C=O) groups is 1. The molecule has 2 rings (SSSR count). The standard InChI is InChI=1S/C11H10ClN3O3/c1-15-13-9(10(14-15)11(16)17)7-5-6(12)3-4-8(7)18-2/h3-5H,1-2H3,(H,16,17). The lowest BCUT2D eigenvalue weighted by Gasteiger charge is -2.06. The van der Waals surface area contributed by atoms with Gasteiger partial charge in [-0.1, -0.05) is 11.6 Å². The van der Waals surface area contributed by atoms with Crippen LogP contribution in [0.5, 0.6) is 5.75 Å². The maximum absolute atomic E-state index is 11.1. The Hall–Kier alpha value is -2.08. The van der Waals surface area contributed by atoms with Crippen LogP contribution in [0.4, 0.5) is 0 Å². The molecule has 1 aromatic carbocycles. The van der Waals surface area contributed by atoms with Gasteiger partial charge in [-0.05, 0) is 18.2 Å². The highest BCUT2D eigenvalue weighted by molar-refractivity contribution is 6.31. The van der Waals surface area contributed by atoms with Crippen LogP contribution >= 0.6 is 11.6 Å². The number of carboxylic acids is 1. The van der Waals surface area contributed by atoms with Gasteiger partial charge in [-0.3, -0.25) is 0 Å². The molecule has 1 aromatic heterocycles. The van der Waals surface area contributed by atoms with E-state index in [-0.39, 0.29) is 11.4 Å². The summed E-state index contributed by atoms with van der Waals surface area (Å²) >= 11 is 5.90. The smallest absolute Gasteiger partial charge is 0.358 e. The van der Waals surface area contributed by atoms with E-state index in [1.807, 2.05) is 0 Å². The number of aromatic nitrogens is 3. The predicted molar refractivity (Wildman–Crippen MR) is 65.0 cm³/mol. The molecule has 0 bridgehead atoms. The van der Waals surface area contributed by atoms with Crippen molar-refractivity contribution >= 4 is 17.6 Å². The number of hydrogen-bond acceptors (Lipinski definition) is 4. The topological polar surface area (TPSA) is 77.2 Å². The summed E-state index contributed by atoms with van der Waals surface area (Å²) in [7, 11) is 3.04. The fourth-order valence-electron chi connectivity index (χ4n) is 1.60. The van der Waals surface area contributed by atoms with Gasteiger partial charge in [0.1, 0.15) is 11.4 Å². The average Bonchev–Trinajstić information content (AvgIpc) is 2.71. The minimum atomic E-state index is -1.15. The summed E-state index contributed by atoms with van der Waals surface area (Å²) < 4.78 is 5.17. The Labute approximate surface area is 108 Å². The molecule has 0 amide bonds. The Morgan fingerprint density at radius 3 is 2.78 bits per heavy atom. The molecule has 0 saturated carbocycles. The monoisotopic (exact) mass is 267 g/mol. The van der Waals surface area contributed by atoms with Crippen molar-refractivity contribution in [3.63, 3.8) is 0 Å². The Morgan fingerprint density at radius 1 is 1.44 bits per heavy atom. The van der Waals surface area contributed by atoms with E-state index < -0.39 is 5.97 Å². The van der Waals surface area contributed by atoms with Crippen molar-refractivity contribution < 1.29 is 14.6 Å². The largest absolute Gasteiger partial charge is 0.496 e. The number of halogens is 1. The second-order valence-corrected chi connectivity index (χ2v) is 3.97. The van der Waals surface area contributed by atoms with Crippen LogP contribution in [-0.4, -0.2) is 33.2 Å². The Kier molecular flexibility index (Phi) is 3.20. The van der Waals surface area contributed by atoms with Crippen molar-refractivity contribution in [3.05, 3.63) is 28.9 Å². The lowest BCUT2D eigenvalue weighted by atomic mass is 10.1. The molecule has 1 heterocycles. The molecule has 0 aliphatic rings. The number of ether oxygens (including phenoxy) is 1. The maximum atomic E-state index is 11.1. The molecule has 1 N–H and O–H groups in total. The van der Waals surface area contributed by atoms with E-state index >= 15 is 0 Å². The van der Waals surface area contributed by atoms with Crippen LogP contribution in [-0.2, 0) is 7.05 Å². The summed E-state index contributed by atoms with van der Waals surface area (Å²) in [6.07, 6.45) is 0. The molecular formula is C11H10ClN3O3. The second kappa shape index (κ2) is 4.66. The molecule has 2 aromatic rings. The predicted octanol–water partition coefficient (Wildman–Crippen LogP) is 1.84. The van der Waals surface area contributed by atoms with Crippen LogP contribution in [0.2, 0.25) is 5.02 Å². The lowest BCUT2D eigenvalue weighted by molar-refractivity contribution is 0.0690. The van der Waals surface area contributed by atoms with Crippen LogP contribution in [0.3, 0.4) is 0 Å². The van der Waals surface area contributed by atoms with Gasteiger partial charge in [0.15, 0.2) is 5.69 Å². The van der Waals surface area contributed by atoms with Gasteiger partial charge in [0.2, 0.25) is 0 Å². The summed E-state index contributed by atoms with van der Waals surface area (Å²) in [5.41, 5.74) is 0.581. The number of benzene rings is 1. The SMILES string of the molecule is COc1ccc(Cl)cc1-c1nn(C)nc1C(=O)O. The number of rotatable bonds is 3. The Bertz CT molecular complexity index is 610. The van der Waals surface area contributed by atoms with E-state index in [9.17, 15) is 4.79 Å². The molecule has 18 heavy (non-hydrogen) atoms. The first-order chi connectivity index (χ1) is 8.52. The zero-order chi connectivity index (χ0) is 13.3. The van der Waals surface area contributed by atoms with Crippen molar-refractivity contribution in [2.45, 2.75) is 0 Å². The van der Waals surface area contributed by atoms with Gasteiger partial charge in [-0.25, -0.2) is 4.79 Å². The number of aryl methyl sites for hydroxylation is 1. The minimum absolute atomic E-state index is 0.141. The summed E-state index contributed by atoms with van der Waals surface area (Å²) in [5.74, 6) is -0.664. The fraction of sp³-hybridized carbons (Fsp3) is 0.182. The molecule has 0 saturated heterocycles. The quantitative estimate of drug-likeness (QED) is 0.918. The first kappa shape index (κ1) is 12.4. The number of nitrogens with zero attached hydrogens (tertiary/aromatic N) is 3. The van der Waals surface area contributed by atoms with Crippen molar-refractivity contribution in [1.82, 2.24) is 15.0 Å². The highest BCUT2D eigenvalue weighted by Gasteiger charge is 2.21. The highest BCUT2D eigenvalue weighted by Crippen LogP contribution is 2.32. The van der Waals surface area contributed by atoms with E-state index in [1.54, 1.807) is 25.2 Å². The Morgan fingerprint density at radius 2 is 2.17 bits per heavy atom. The van der Waals surface area contributed by atoms with Crippen LogP contribution in [0.15, 0.2) is 18.2 Å². The third kappa shape index (κ3) is 2.14. The molecule has 0 fully saturated rings. The number of carboxylic acid groups (broad SMARTS) is 1. The number of aromatic carboxylic acids is 1. The first-order valence-electron chi connectivity index (χ1n) is 5.01. The van der Waals surface area contributed by atoms with Crippen molar-refractivity contribution in [1.29, 1.82) is 0 Å². The molecule has 0 aliphatic carbocycles. The molecule has 0 radical (unpaired) electrons. The average molecular weight is 268 g/mol. The van der Waals surface area contributed by atoms with Crippen LogP contribution in [0, 0.1) is 0 Å². The molecule has 0 unspecified atom stereocenters. The fourth-order valence-corrected chi connectivity index (χ4v) is 1.77. The molecule has 0 spiro atoms. The van der Waals surface area contributed by atoms with Gasteiger partial charge in [-0.15, -0.1) is 5.10 Å². The lowest BCUT2D eigenvalue weighted by Crippen LogP contribution is -2.01. The van der Waals surface area contributed by atoms with Gasteiger partial charge < -0.3 is 9.84 Å². The van der Waals surface area contributed by atoms with E-state index in [0.29, 0.717) is 16.3 Å². The molecule has 94 valence electrons. The molecule has 7 heteroatoms. The summed E-state index contributed by atoms with van der Waals surface area (Å²) in [6.45, 7) is 0. The van der Waals surface area contributed by atoms with Gasteiger partial charge >= 0.3 is 5.97 Å². The summed E-state index contributed by atoms with van der Waals surface area (Å²) in [5, 5.41) is 17.4. The van der Waals surface area contributed by atoms with E-state index in [2.05, 4.69) is 10.2 Å². The normalized spacial score (nSPS) is 10.4. The van der Waals surface area contributed by atoms with Gasteiger partial charge in [0.05, 0.1) is 7.11 Å². The second-order valence-electron chi connectivity index (χ2n) is 3.54. The van der Waals surface area contributed by atoms with E-state index in [4.69, 9.17) is 21.4 Å². The minimum Gasteiger partial charge on any atom is -0.496 e. The van der Waals surface area contributed by atoms with Gasteiger partial charge in [-0.2, -0.15) is 9.90 Å². The van der Waals surface area contributed by atoms with Crippen molar-refractivity contribution in [2.75, 3.05) is 7.11 Å². The molecule has 0 aliphatic heterocycles. The van der Waals surface area contributed by atoms with Crippen molar-refractivity contribution in [2.24, 2.45) is 7.05 Å². The summed E-state index contributed by atoms with van der Waals surface area (Å²) in [6, 6.07) is 4.90. The highest BCUT2D eigenvalue weighted by atomic mass is 35.5. The van der Waals surface area contributed by atoms with Crippen LogP contribution < -0.4 is 4.74 Å². The third-order valence-corrected chi connectivity index (χ3v) is 2.57. The Balaban J connectivity index is 2.68. The third-order valence-electron chi connectivity index (χ3n) is 2.33. The van der Waals surface area contributed by atoms with Gasteiger partial charge in [0, 0.05) is 17.6 Å². The van der Waals surface area contributed by atoms with Crippen molar-refractivity contribution in [3.8, 4) is 17.0 Å². The van der Waals surface area contributed by atoms with Crippen LogP contribution in [0.25, 0.3) is 11.3 Å². The number of methoxy groups -OCH3 is 1. The molecule has 0 atom stereocenters. The zero-order valence-corrected chi connectivity index (χ0v) is 10.5. The number of hydrogen-bond donors (Lipinski definition) is 1. The van der Waals surface area contributed by atoms with Gasteiger partial charge in [0.25, 0.3) is 0 Å². The maximum Gasteiger partial charge on any atom is 0.358 e.